The SMILES string of the molecule is C=CCN1CCC2(CC1)CN(C(=O)c1cc(F)c(Cl)nc1Cl)c1ccc(F)cc12. The summed E-state index contributed by atoms with van der Waals surface area (Å²) in [4.78, 5) is 20.8. The van der Waals surface area contributed by atoms with E-state index in [1.807, 2.05) is 6.08 Å². The monoisotopic (exact) mass is 437 g/mol. The molecule has 0 bridgehead atoms. The van der Waals surface area contributed by atoms with Crippen molar-refractivity contribution >= 4 is 34.8 Å². The van der Waals surface area contributed by atoms with Crippen molar-refractivity contribution in [2.45, 2.75) is 18.3 Å². The molecule has 29 heavy (non-hydrogen) atoms. The molecule has 3 heterocycles. The molecule has 1 saturated heterocycles. The largest absolute Gasteiger partial charge is 0.307 e. The Morgan fingerprint density at radius 2 is 1.93 bits per heavy atom. The van der Waals surface area contributed by atoms with Crippen molar-refractivity contribution in [1.29, 1.82) is 0 Å². The first-order valence-corrected chi connectivity index (χ1v) is 10.1. The number of anilines is 1. The van der Waals surface area contributed by atoms with Crippen LogP contribution in [0, 0.1) is 11.6 Å². The van der Waals surface area contributed by atoms with Gasteiger partial charge in [-0.3, -0.25) is 9.69 Å². The van der Waals surface area contributed by atoms with Crippen molar-refractivity contribution in [3.63, 3.8) is 0 Å². The fraction of sp³-hybridized carbons (Fsp3) is 0.333. The predicted octanol–water partition coefficient (Wildman–Crippen LogP) is 4.85. The Labute approximate surface area is 177 Å². The lowest BCUT2D eigenvalue weighted by molar-refractivity contribution is 0.0977. The average Bonchev–Trinajstić information content (AvgIpc) is 3.00. The minimum absolute atomic E-state index is 0.0648. The third-order valence-electron chi connectivity index (χ3n) is 5.84. The van der Waals surface area contributed by atoms with Crippen molar-refractivity contribution in [3.05, 3.63) is 70.0 Å². The Morgan fingerprint density at radius 3 is 2.62 bits per heavy atom. The lowest BCUT2D eigenvalue weighted by Gasteiger charge is -2.39. The van der Waals surface area contributed by atoms with Crippen LogP contribution in [0.2, 0.25) is 10.3 Å². The molecule has 1 aromatic heterocycles. The van der Waals surface area contributed by atoms with Crippen LogP contribution in [-0.4, -0.2) is 42.0 Å². The molecule has 2 aliphatic rings. The number of pyridine rings is 1. The topological polar surface area (TPSA) is 36.4 Å². The number of nitrogens with zero attached hydrogens (tertiary/aromatic N) is 3. The van der Waals surface area contributed by atoms with Crippen molar-refractivity contribution < 1.29 is 13.6 Å². The first-order valence-electron chi connectivity index (χ1n) is 9.31. The smallest absolute Gasteiger partial charge is 0.261 e. The molecule has 152 valence electrons. The average molecular weight is 438 g/mol. The van der Waals surface area contributed by atoms with Gasteiger partial charge in [0.05, 0.1) is 5.56 Å². The first-order chi connectivity index (χ1) is 13.8. The lowest BCUT2D eigenvalue weighted by Crippen LogP contribution is -2.46. The molecule has 2 aliphatic heterocycles. The Kier molecular flexibility index (Phi) is 5.36. The zero-order valence-corrected chi connectivity index (χ0v) is 17.1. The van der Waals surface area contributed by atoms with Crippen LogP contribution in [0.3, 0.4) is 0 Å². The van der Waals surface area contributed by atoms with Crippen molar-refractivity contribution in [2.24, 2.45) is 0 Å². The summed E-state index contributed by atoms with van der Waals surface area (Å²) in [7, 11) is 0. The second-order valence-electron chi connectivity index (χ2n) is 7.52. The number of carbonyl (C=O) groups is 1. The molecule has 4 rings (SSSR count). The fourth-order valence-corrected chi connectivity index (χ4v) is 4.74. The summed E-state index contributed by atoms with van der Waals surface area (Å²) >= 11 is 11.7. The van der Waals surface area contributed by atoms with E-state index in [0.717, 1.165) is 44.1 Å². The van der Waals surface area contributed by atoms with Gasteiger partial charge < -0.3 is 4.90 Å². The van der Waals surface area contributed by atoms with Gasteiger partial charge in [0, 0.05) is 24.2 Å². The summed E-state index contributed by atoms with van der Waals surface area (Å²) < 4.78 is 28.0. The molecule has 0 saturated carbocycles. The third-order valence-corrected chi connectivity index (χ3v) is 6.40. The van der Waals surface area contributed by atoms with E-state index in [9.17, 15) is 13.6 Å². The number of halogens is 4. The van der Waals surface area contributed by atoms with E-state index in [0.29, 0.717) is 12.2 Å². The molecular weight excluding hydrogens is 419 g/mol. The normalized spacial score (nSPS) is 18.1. The Balaban J connectivity index is 1.71. The number of benzene rings is 1. The van der Waals surface area contributed by atoms with E-state index in [4.69, 9.17) is 23.2 Å². The number of amides is 1. The Morgan fingerprint density at radius 1 is 1.21 bits per heavy atom. The highest BCUT2D eigenvalue weighted by Gasteiger charge is 2.46. The summed E-state index contributed by atoms with van der Waals surface area (Å²) in [6, 6.07) is 5.43. The van der Waals surface area contributed by atoms with E-state index in [1.54, 1.807) is 11.0 Å². The van der Waals surface area contributed by atoms with Gasteiger partial charge in [0.1, 0.15) is 11.0 Å². The van der Waals surface area contributed by atoms with Gasteiger partial charge in [0.15, 0.2) is 11.0 Å². The van der Waals surface area contributed by atoms with Crippen molar-refractivity contribution in [2.75, 3.05) is 31.1 Å². The van der Waals surface area contributed by atoms with E-state index in [-0.39, 0.29) is 27.1 Å². The number of hydrogen-bond donors (Lipinski definition) is 0. The molecular formula is C21H19Cl2F2N3O. The molecule has 1 amide bonds. The number of likely N-dealkylation sites (tertiary alicyclic amines) is 1. The summed E-state index contributed by atoms with van der Waals surface area (Å²) in [5.41, 5.74) is 1.02. The quantitative estimate of drug-likeness (QED) is 0.508. The van der Waals surface area contributed by atoms with Crippen LogP contribution in [0.25, 0.3) is 0 Å². The summed E-state index contributed by atoms with van der Waals surface area (Å²) in [6.45, 7) is 6.60. The first kappa shape index (κ1) is 20.3. The zero-order chi connectivity index (χ0) is 20.8. The molecule has 8 heteroatoms. The standard InChI is InChI=1S/C21H19Cl2F2N3O/c1-2-7-27-8-5-21(6-9-27)12-28(17-4-3-13(24)10-15(17)21)20(29)14-11-16(25)19(23)26-18(14)22/h2-4,10-11H,1,5-9,12H2. The van der Waals surface area contributed by atoms with Crippen molar-refractivity contribution in [3.8, 4) is 0 Å². The van der Waals surface area contributed by atoms with E-state index >= 15 is 0 Å². The van der Waals surface area contributed by atoms with Crippen LogP contribution in [0.5, 0.6) is 0 Å². The van der Waals surface area contributed by atoms with Gasteiger partial charge in [-0.25, -0.2) is 13.8 Å². The molecule has 0 aliphatic carbocycles. The number of carbonyl (C=O) groups excluding carboxylic acids is 1. The number of rotatable bonds is 3. The second-order valence-corrected chi connectivity index (χ2v) is 8.24. The second kappa shape index (κ2) is 7.67. The summed E-state index contributed by atoms with van der Waals surface area (Å²) in [5.74, 6) is -1.63. The van der Waals surface area contributed by atoms with Gasteiger partial charge in [-0.1, -0.05) is 29.3 Å². The van der Waals surface area contributed by atoms with Crippen LogP contribution < -0.4 is 4.90 Å². The molecule has 4 nitrogen and oxygen atoms in total. The Bertz CT molecular complexity index is 990. The maximum atomic E-state index is 14.1. The van der Waals surface area contributed by atoms with Crippen molar-refractivity contribution in [1.82, 2.24) is 9.88 Å². The van der Waals surface area contributed by atoms with E-state index < -0.39 is 11.7 Å². The molecule has 0 unspecified atom stereocenters. The number of aromatic nitrogens is 1. The van der Waals surface area contributed by atoms with Gasteiger partial charge in [0.2, 0.25) is 0 Å². The lowest BCUT2D eigenvalue weighted by atomic mass is 9.74. The zero-order valence-electron chi connectivity index (χ0n) is 15.6. The third kappa shape index (κ3) is 3.54. The van der Waals surface area contributed by atoms with Crippen LogP contribution in [-0.2, 0) is 5.41 Å². The van der Waals surface area contributed by atoms with Gasteiger partial charge >= 0.3 is 0 Å². The molecule has 1 fully saturated rings. The highest BCUT2D eigenvalue weighted by molar-refractivity contribution is 6.35. The highest BCUT2D eigenvalue weighted by Crippen LogP contribution is 2.48. The van der Waals surface area contributed by atoms with Gasteiger partial charge in [-0.2, -0.15) is 0 Å². The number of piperidine rings is 1. The van der Waals surface area contributed by atoms with Crippen LogP contribution in [0.1, 0.15) is 28.8 Å². The predicted molar refractivity (Wildman–Crippen MR) is 110 cm³/mol. The maximum absolute atomic E-state index is 14.1. The molecule has 2 aromatic rings. The summed E-state index contributed by atoms with van der Waals surface area (Å²) in [5, 5.41) is -0.548. The maximum Gasteiger partial charge on any atom is 0.261 e. The van der Waals surface area contributed by atoms with Crippen LogP contribution in [0.4, 0.5) is 14.5 Å². The van der Waals surface area contributed by atoms with E-state index in [2.05, 4.69) is 16.5 Å². The highest BCUT2D eigenvalue weighted by atomic mass is 35.5. The van der Waals surface area contributed by atoms with Crippen LogP contribution in [0.15, 0.2) is 36.9 Å². The Hall–Kier alpha value is -2.02. The molecule has 0 atom stereocenters. The molecule has 0 N–H and O–H groups in total. The minimum Gasteiger partial charge on any atom is -0.307 e. The molecule has 0 radical (unpaired) electrons. The summed E-state index contributed by atoms with van der Waals surface area (Å²) in [6.07, 6.45) is 3.42. The van der Waals surface area contributed by atoms with Gasteiger partial charge in [-0.15, -0.1) is 6.58 Å². The molecule has 1 spiro atoms. The van der Waals surface area contributed by atoms with Gasteiger partial charge in [0.25, 0.3) is 5.91 Å². The number of fused-ring (bicyclic) bond motifs is 2. The minimum atomic E-state index is -0.814. The van der Waals surface area contributed by atoms with Crippen LogP contribution >= 0.6 is 23.2 Å². The fourth-order valence-electron chi connectivity index (χ4n) is 4.34. The van der Waals surface area contributed by atoms with E-state index in [1.165, 1.54) is 12.1 Å². The number of hydrogen-bond acceptors (Lipinski definition) is 3. The molecule has 1 aromatic carbocycles. The van der Waals surface area contributed by atoms with Gasteiger partial charge in [-0.05, 0) is 55.8 Å².